The molecule has 1 unspecified atom stereocenters. The number of benzene rings is 1. The Morgan fingerprint density at radius 2 is 2.04 bits per heavy atom. The van der Waals surface area contributed by atoms with E-state index in [1.54, 1.807) is 12.1 Å². The molecule has 2 aliphatic rings. The van der Waals surface area contributed by atoms with E-state index >= 15 is 0 Å². The van der Waals surface area contributed by atoms with E-state index in [9.17, 15) is 15.0 Å². The van der Waals surface area contributed by atoms with E-state index in [0.29, 0.717) is 12.4 Å². The molecule has 1 N–H and O–H groups in total. The van der Waals surface area contributed by atoms with Crippen molar-refractivity contribution in [1.82, 2.24) is 9.88 Å². The van der Waals surface area contributed by atoms with Crippen LogP contribution in [0.5, 0.6) is 0 Å². The molecule has 1 fully saturated rings. The first-order chi connectivity index (χ1) is 13.0. The Balaban J connectivity index is 0.00000225. The zero-order valence-corrected chi connectivity index (χ0v) is 19.4. The van der Waals surface area contributed by atoms with Gasteiger partial charge >= 0.3 is 0 Å². The minimum Gasteiger partial charge on any atom is -0.858 e. The number of fused-ring (bicyclic) bond motifs is 1. The molecule has 8 heteroatoms. The number of β-amino-alcohol motifs (C(OH)–C–C–N with tert-alkyl or cyclic N) is 1. The summed E-state index contributed by atoms with van der Waals surface area (Å²) in [5, 5.41) is 21.6. The van der Waals surface area contributed by atoms with Crippen molar-refractivity contribution >= 4 is 17.6 Å². The van der Waals surface area contributed by atoms with Crippen molar-refractivity contribution in [1.29, 1.82) is 0 Å². The number of likely N-dealkylation sites (N-methyl/N-ethyl adjacent to an activating group) is 1. The molecule has 1 aromatic carbocycles. The van der Waals surface area contributed by atoms with Gasteiger partial charge in [-0.3, -0.25) is 9.69 Å². The number of nitrogens with zero attached hydrogens (tertiary/aromatic N) is 4. The Labute approximate surface area is 197 Å². The molecule has 7 nitrogen and oxygen atoms in total. The number of hydrogen-bond donors (Lipinski definition) is 1. The van der Waals surface area contributed by atoms with Gasteiger partial charge in [0.15, 0.2) is 0 Å². The first-order valence-electron chi connectivity index (χ1n) is 9.02. The molecule has 4 rings (SSSR count). The van der Waals surface area contributed by atoms with Crippen molar-refractivity contribution in [3.63, 3.8) is 0 Å². The molecule has 1 radical (unpaired) electrons. The number of anilines is 1. The summed E-state index contributed by atoms with van der Waals surface area (Å²) < 4.78 is 0. The first kappa shape index (κ1) is 21.3. The number of aliphatic hydroxyl groups is 1. The van der Waals surface area contributed by atoms with Gasteiger partial charge in [0.2, 0.25) is 0 Å². The molecule has 0 spiro atoms. The molecule has 3 heterocycles. The van der Waals surface area contributed by atoms with Gasteiger partial charge in [-0.25, -0.2) is 9.98 Å². The number of rotatable bonds is 5. The molecule has 28 heavy (non-hydrogen) atoms. The van der Waals surface area contributed by atoms with Gasteiger partial charge in [-0.1, -0.05) is 30.3 Å². The molecule has 1 aromatic heterocycles. The largest absolute Gasteiger partial charge is 0.858 e. The third-order valence-electron chi connectivity index (χ3n) is 5.21. The van der Waals surface area contributed by atoms with Crippen LogP contribution in [0.1, 0.15) is 34.1 Å². The maximum atomic E-state index is 11.9. The standard InChI is InChI=1S/C20H22N4O3.Pr/c1-23(17-8-7-15-18(21-17)20(27)22-19(15)26)16(13-5-3-2-4-6-13)12-24-10-9-14(25)11-24;/h2-8,14,16,25H,9-12H2,1H3,(H,22,26,27);/p-1/t14?,16-;/m1./s1. The second kappa shape index (κ2) is 8.95. The van der Waals surface area contributed by atoms with Gasteiger partial charge in [0, 0.05) is 79.4 Å². The molecule has 0 saturated carbocycles. The van der Waals surface area contributed by atoms with E-state index in [2.05, 4.69) is 27.0 Å². The molecular formula is C20H21N4O3Pr-. The van der Waals surface area contributed by atoms with Gasteiger partial charge < -0.3 is 15.1 Å². The number of aliphatic hydroxyl groups excluding tert-OH is 1. The van der Waals surface area contributed by atoms with Crippen molar-refractivity contribution in [3.05, 3.63) is 59.3 Å². The van der Waals surface area contributed by atoms with Crippen molar-refractivity contribution in [2.75, 3.05) is 31.6 Å². The summed E-state index contributed by atoms with van der Waals surface area (Å²) in [5.41, 5.74) is 1.50. The third-order valence-corrected chi connectivity index (χ3v) is 5.21. The average molecular weight is 506 g/mol. The summed E-state index contributed by atoms with van der Waals surface area (Å²) >= 11 is 0. The van der Waals surface area contributed by atoms with E-state index in [1.807, 2.05) is 30.1 Å². The minimum absolute atomic E-state index is 0. The molecule has 2 atom stereocenters. The number of amides is 1. The maximum Gasteiger partial charge on any atom is 0.295 e. The first-order valence-corrected chi connectivity index (χ1v) is 9.02. The number of aliphatic imine (C=N–C) groups is 1. The van der Waals surface area contributed by atoms with Gasteiger partial charge in [0.05, 0.1) is 12.1 Å². The van der Waals surface area contributed by atoms with Gasteiger partial charge in [-0.15, -0.1) is 0 Å². The summed E-state index contributed by atoms with van der Waals surface area (Å²) in [6.07, 6.45) is 0.496. The van der Waals surface area contributed by atoms with Gasteiger partial charge in [-0.2, -0.15) is 0 Å². The van der Waals surface area contributed by atoms with Crippen LogP contribution >= 0.6 is 0 Å². The minimum atomic E-state index is -0.579. The molecule has 143 valence electrons. The van der Waals surface area contributed by atoms with Crippen LogP contribution in [0, 0.1) is 41.3 Å². The third kappa shape index (κ3) is 4.27. The molecule has 0 bridgehead atoms. The molecule has 1 amide bonds. The number of aromatic nitrogens is 1. The summed E-state index contributed by atoms with van der Waals surface area (Å²) in [6.45, 7) is 2.23. The fraction of sp³-hybridized carbons (Fsp3) is 0.350. The normalized spacial score (nSPS) is 19.7. The fourth-order valence-corrected chi connectivity index (χ4v) is 3.70. The van der Waals surface area contributed by atoms with Crippen molar-refractivity contribution < 1.29 is 56.3 Å². The summed E-state index contributed by atoms with van der Waals surface area (Å²) in [6, 6.07) is 13.4. The summed E-state index contributed by atoms with van der Waals surface area (Å²) in [4.78, 5) is 24.0. The predicted octanol–water partition coefficient (Wildman–Crippen LogP) is 0.586. The smallest absolute Gasteiger partial charge is 0.295 e. The maximum absolute atomic E-state index is 11.9. The average Bonchev–Trinajstić information content (AvgIpc) is 3.22. The van der Waals surface area contributed by atoms with E-state index in [0.717, 1.165) is 25.1 Å². The fourth-order valence-electron chi connectivity index (χ4n) is 3.70. The zero-order valence-electron chi connectivity index (χ0n) is 15.7. The van der Waals surface area contributed by atoms with Crippen molar-refractivity contribution in [3.8, 4) is 0 Å². The van der Waals surface area contributed by atoms with Crippen LogP contribution in [0.15, 0.2) is 47.5 Å². The second-order valence-corrected chi connectivity index (χ2v) is 7.03. The van der Waals surface area contributed by atoms with Crippen LogP contribution in [-0.4, -0.2) is 59.6 Å². The van der Waals surface area contributed by atoms with E-state index in [1.165, 1.54) is 0 Å². The van der Waals surface area contributed by atoms with Gasteiger partial charge in [0.25, 0.3) is 5.91 Å². The number of carbonyl (C=O) groups is 1. The van der Waals surface area contributed by atoms with Crippen LogP contribution in [0.2, 0.25) is 0 Å². The van der Waals surface area contributed by atoms with Gasteiger partial charge in [0.1, 0.15) is 11.5 Å². The molecular weight excluding hydrogens is 485 g/mol. The van der Waals surface area contributed by atoms with Crippen LogP contribution in [-0.2, 0) is 0 Å². The van der Waals surface area contributed by atoms with Gasteiger partial charge in [-0.05, 0) is 24.1 Å². The van der Waals surface area contributed by atoms with Crippen molar-refractivity contribution in [2.24, 2.45) is 4.99 Å². The number of pyridine rings is 1. The Hall–Kier alpha value is -1.41. The Bertz CT molecular complexity index is 890. The van der Waals surface area contributed by atoms with Crippen LogP contribution in [0.3, 0.4) is 0 Å². The molecule has 0 aliphatic carbocycles. The molecule has 2 aromatic rings. The SMILES string of the molecule is CN(c1ccc2c(n1)C(=O)N=C2[O-])[C@H](CN1CCC(O)C1)c1ccccc1.[Pr]. The van der Waals surface area contributed by atoms with Crippen LogP contribution in [0.4, 0.5) is 5.82 Å². The van der Waals surface area contributed by atoms with Crippen LogP contribution < -0.4 is 10.0 Å². The van der Waals surface area contributed by atoms with E-state index < -0.39 is 11.8 Å². The van der Waals surface area contributed by atoms with Crippen molar-refractivity contribution in [2.45, 2.75) is 18.6 Å². The Morgan fingerprint density at radius 3 is 2.71 bits per heavy atom. The predicted molar refractivity (Wildman–Crippen MR) is 99.8 cm³/mol. The zero-order chi connectivity index (χ0) is 19.0. The quantitative estimate of drug-likeness (QED) is 0.639. The number of carbonyl (C=O) groups excluding carboxylic acids is 1. The van der Waals surface area contributed by atoms with E-state index in [4.69, 9.17) is 0 Å². The number of likely N-dealkylation sites (tertiary alicyclic amines) is 1. The Kier molecular flexibility index (Phi) is 6.81. The molecule has 2 aliphatic heterocycles. The summed E-state index contributed by atoms with van der Waals surface area (Å²) in [5.74, 6) is -0.493. The number of hydrogen-bond acceptors (Lipinski definition) is 6. The van der Waals surface area contributed by atoms with Crippen LogP contribution in [0.25, 0.3) is 0 Å². The van der Waals surface area contributed by atoms with E-state index in [-0.39, 0.29) is 64.7 Å². The second-order valence-electron chi connectivity index (χ2n) is 7.03. The Morgan fingerprint density at radius 1 is 1.29 bits per heavy atom. The summed E-state index contributed by atoms with van der Waals surface area (Å²) in [7, 11) is 1.93. The monoisotopic (exact) mass is 506 g/mol. The molecule has 1 saturated heterocycles. The topological polar surface area (TPSA) is 92.1 Å².